The van der Waals surface area contributed by atoms with Gasteiger partial charge in [0.1, 0.15) is 23.7 Å². The summed E-state index contributed by atoms with van der Waals surface area (Å²) < 4.78 is 5.34. The van der Waals surface area contributed by atoms with Gasteiger partial charge in [0.2, 0.25) is 0 Å². The van der Waals surface area contributed by atoms with Gasteiger partial charge in [-0.25, -0.2) is 9.97 Å². The molecule has 1 atom stereocenters. The van der Waals surface area contributed by atoms with Crippen LogP contribution in [-0.4, -0.2) is 41.3 Å². The molecule has 1 saturated heterocycles. The van der Waals surface area contributed by atoms with Gasteiger partial charge in [-0.3, -0.25) is 0 Å². The number of furan rings is 1. The summed E-state index contributed by atoms with van der Waals surface area (Å²) in [7, 11) is 2.01. The molecular formula is C16H22N4O2. The van der Waals surface area contributed by atoms with Crippen molar-refractivity contribution in [3.05, 3.63) is 36.0 Å². The smallest absolute Gasteiger partial charge is 0.134 e. The molecule has 0 saturated carbocycles. The van der Waals surface area contributed by atoms with Crippen LogP contribution in [0.3, 0.4) is 0 Å². The van der Waals surface area contributed by atoms with E-state index in [1.165, 1.54) is 0 Å². The van der Waals surface area contributed by atoms with Crippen molar-refractivity contribution in [2.75, 3.05) is 30.0 Å². The summed E-state index contributed by atoms with van der Waals surface area (Å²) in [4.78, 5) is 13.0. The van der Waals surface area contributed by atoms with Crippen LogP contribution in [0.25, 0.3) is 0 Å². The van der Waals surface area contributed by atoms with Gasteiger partial charge in [-0.05, 0) is 25.8 Å². The minimum absolute atomic E-state index is 0.170. The standard InChI is InChI=1S/C16H22N4O2/c1-12-13(5-7-22-12)9-19(2)15-8-16(18-11-17-15)20-6-3-4-14(20)10-21/h5,7-8,11,14,21H,3-4,6,9-10H2,1-2H3/t14-/m0/s1. The van der Waals surface area contributed by atoms with E-state index in [1.54, 1.807) is 12.6 Å². The first-order valence-electron chi connectivity index (χ1n) is 7.62. The van der Waals surface area contributed by atoms with Crippen LogP contribution in [0.4, 0.5) is 11.6 Å². The van der Waals surface area contributed by atoms with Crippen molar-refractivity contribution >= 4 is 11.6 Å². The maximum absolute atomic E-state index is 9.47. The molecule has 3 heterocycles. The minimum atomic E-state index is 0.170. The zero-order valence-corrected chi connectivity index (χ0v) is 13.1. The van der Waals surface area contributed by atoms with Gasteiger partial charge >= 0.3 is 0 Å². The van der Waals surface area contributed by atoms with Gasteiger partial charge < -0.3 is 19.3 Å². The molecule has 0 aromatic carbocycles. The van der Waals surface area contributed by atoms with Crippen molar-refractivity contribution in [3.63, 3.8) is 0 Å². The molecule has 1 N–H and O–H groups in total. The lowest BCUT2D eigenvalue weighted by Crippen LogP contribution is -2.33. The van der Waals surface area contributed by atoms with Crippen LogP contribution < -0.4 is 9.80 Å². The summed E-state index contributed by atoms with van der Waals surface area (Å²) in [6.45, 7) is 3.81. The lowest BCUT2D eigenvalue weighted by molar-refractivity contribution is 0.266. The molecule has 2 aromatic heterocycles. The maximum atomic E-state index is 9.47. The van der Waals surface area contributed by atoms with Gasteiger partial charge in [-0.15, -0.1) is 0 Å². The number of aromatic nitrogens is 2. The van der Waals surface area contributed by atoms with E-state index in [0.29, 0.717) is 0 Å². The molecule has 0 unspecified atom stereocenters. The fraction of sp³-hybridized carbons (Fsp3) is 0.500. The molecule has 0 bridgehead atoms. The number of hydrogen-bond donors (Lipinski definition) is 1. The van der Waals surface area contributed by atoms with Crippen molar-refractivity contribution < 1.29 is 9.52 Å². The monoisotopic (exact) mass is 302 g/mol. The average molecular weight is 302 g/mol. The maximum Gasteiger partial charge on any atom is 0.134 e. The predicted molar refractivity (Wildman–Crippen MR) is 85.0 cm³/mol. The van der Waals surface area contributed by atoms with Crippen LogP contribution in [0, 0.1) is 6.92 Å². The van der Waals surface area contributed by atoms with Crippen LogP contribution >= 0.6 is 0 Å². The molecule has 3 rings (SSSR count). The molecule has 0 aliphatic carbocycles. The van der Waals surface area contributed by atoms with Crippen LogP contribution in [0.15, 0.2) is 29.1 Å². The molecule has 6 nitrogen and oxygen atoms in total. The molecule has 0 amide bonds. The first-order valence-corrected chi connectivity index (χ1v) is 7.62. The zero-order valence-electron chi connectivity index (χ0n) is 13.1. The summed E-state index contributed by atoms with van der Waals surface area (Å²) in [6, 6.07) is 4.14. The van der Waals surface area contributed by atoms with Crippen molar-refractivity contribution in [2.24, 2.45) is 0 Å². The highest BCUT2D eigenvalue weighted by molar-refractivity contribution is 5.51. The number of hydrogen-bond acceptors (Lipinski definition) is 6. The van der Waals surface area contributed by atoms with Crippen molar-refractivity contribution in [3.8, 4) is 0 Å². The molecule has 1 aliphatic heterocycles. The highest BCUT2D eigenvalue weighted by Crippen LogP contribution is 2.26. The quantitative estimate of drug-likeness (QED) is 0.911. The highest BCUT2D eigenvalue weighted by Gasteiger charge is 2.25. The van der Waals surface area contributed by atoms with Crippen LogP contribution in [-0.2, 0) is 6.54 Å². The van der Waals surface area contributed by atoms with E-state index in [1.807, 2.05) is 26.1 Å². The number of aliphatic hydroxyl groups is 1. The average Bonchev–Trinajstić information content (AvgIpc) is 3.16. The van der Waals surface area contributed by atoms with Crippen molar-refractivity contribution in [2.45, 2.75) is 32.4 Å². The normalized spacial score (nSPS) is 18.0. The summed E-state index contributed by atoms with van der Waals surface area (Å²) in [5.74, 6) is 2.69. The number of anilines is 2. The Bertz CT molecular complexity index is 628. The van der Waals surface area contributed by atoms with Crippen molar-refractivity contribution in [1.82, 2.24) is 9.97 Å². The Morgan fingerprint density at radius 3 is 3.05 bits per heavy atom. The van der Waals surface area contributed by atoms with E-state index in [2.05, 4.69) is 19.8 Å². The van der Waals surface area contributed by atoms with Gasteiger partial charge in [-0.2, -0.15) is 0 Å². The fourth-order valence-electron chi connectivity index (χ4n) is 2.94. The molecule has 2 aromatic rings. The number of aliphatic hydroxyl groups excluding tert-OH is 1. The number of aryl methyl sites for hydroxylation is 1. The third-order valence-corrected chi connectivity index (χ3v) is 4.29. The summed E-state index contributed by atoms with van der Waals surface area (Å²) in [6.07, 6.45) is 5.41. The second-order valence-electron chi connectivity index (χ2n) is 5.76. The third-order valence-electron chi connectivity index (χ3n) is 4.29. The van der Waals surface area contributed by atoms with E-state index in [-0.39, 0.29) is 12.6 Å². The topological polar surface area (TPSA) is 65.6 Å². The Hall–Kier alpha value is -2.08. The largest absolute Gasteiger partial charge is 0.469 e. The molecule has 118 valence electrons. The zero-order chi connectivity index (χ0) is 15.5. The Morgan fingerprint density at radius 2 is 2.32 bits per heavy atom. The first kappa shape index (κ1) is 14.8. The van der Waals surface area contributed by atoms with Gasteiger partial charge in [0.25, 0.3) is 0 Å². The lowest BCUT2D eigenvalue weighted by atomic mass is 10.2. The van der Waals surface area contributed by atoms with E-state index < -0.39 is 0 Å². The minimum Gasteiger partial charge on any atom is -0.469 e. The summed E-state index contributed by atoms with van der Waals surface area (Å²) in [5.41, 5.74) is 1.15. The molecule has 22 heavy (non-hydrogen) atoms. The van der Waals surface area contributed by atoms with Crippen LogP contribution in [0.2, 0.25) is 0 Å². The Morgan fingerprint density at radius 1 is 1.45 bits per heavy atom. The second kappa shape index (κ2) is 6.36. The molecule has 1 fully saturated rings. The Labute approximate surface area is 130 Å². The SMILES string of the molecule is Cc1occc1CN(C)c1cc(N2CCC[C@H]2CO)ncn1. The van der Waals surface area contributed by atoms with E-state index >= 15 is 0 Å². The Kier molecular flexibility index (Phi) is 4.29. The van der Waals surface area contributed by atoms with E-state index in [4.69, 9.17) is 4.42 Å². The number of rotatable bonds is 5. The van der Waals surface area contributed by atoms with E-state index in [9.17, 15) is 5.11 Å². The van der Waals surface area contributed by atoms with Gasteiger partial charge in [0.15, 0.2) is 0 Å². The fourth-order valence-corrected chi connectivity index (χ4v) is 2.94. The summed E-state index contributed by atoms with van der Waals surface area (Å²) in [5, 5.41) is 9.47. The Balaban J connectivity index is 1.77. The van der Waals surface area contributed by atoms with E-state index in [0.717, 1.165) is 48.9 Å². The predicted octanol–water partition coefficient (Wildman–Crippen LogP) is 1.98. The van der Waals surface area contributed by atoms with Gasteiger partial charge in [0.05, 0.1) is 18.9 Å². The lowest BCUT2D eigenvalue weighted by Gasteiger charge is -2.25. The summed E-state index contributed by atoms with van der Waals surface area (Å²) >= 11 is 0. The molecule has 1 aliphatic rings. The molecule has 6 heteroatoms. The number of nitrogens with zero attached hydrogens (tertiary/aromatic N) is 4. The third kappa shape index (κ3) is 2.92. The highest BCUT2D eigenvalue weighted by atomic mass is 16.3. The molecule has 0 spiro atoms. The molecule has 0 radical (unpaired) electrons. The first-order chi connectivity index (χ1) is 10.7. The van der Waals surface area contributed by atoms with Crippen LogP contribution in [0.5, 0.6) is 0 Å². The van der Waals surface area contributed by atoms with Gasteiger partial charge in [0, 0.05) is 31.8 Å². The second-order valence-corrected chi connectivity index (χ2v) is 5.76. The van der Waals surface area contributed by atoms with Crippen LogP contribution in [0.1, 0.15) is 24.2 Å². The van der Waals surface area contributed by atoms with Gasteiger partial charge in [-0.1, -0.05) is 0 Å². The van der Waals surface area contributed by atoms with Crippen molar-refractivity contribution in [1.29, 1.82) is 0 Å². The molecular weight excluding hydrogens is 280 g/mol.